The first-order valence-corrected chi connectivity index (χ1v) is 7.27. The Morgan fingerprint density at radius 1 is 1.40 bits per heavy atom. The van der Waals surface area contributed by atoms with Gasteiger partial charge in [0.25, 0.3) is 0 Å². The van der Waals surface area contributed by atoms with Crippen molar-refractivity contribution < 1.29 is 19.7 Å². The van der Waals surface area contributed by atoms with Gasteiger partial charge in [-0.25, -0.2) is 4.79 Å². The Morgan fingerprint density at radius 2 is 2.10 bits per heavy atom. The van der Waals surface area contributed by atoms with E-state index in [0.717, 1.165) is 24.8 Å². The third kappa shape index (κ3) is 5.93. The van der Waals surface area contributed by atoms with Gasteiger partial charge in [-0.1, -0.05) is 23.6 Å². The van der Waals surface area contributed by atoms with Gasteiger partial charge in [-0.05, 0) is 46.4 Å². The maximum Gasteiger partial charge on any atom is 0.336 e. The highest BCUT2D eigenvalue weighted by Gasteiger charge is 2.37. The fourth-order valence-electron chi connectivity index (χ4n) is 2.31. The summed E-state index contributed by atoms with van der Waals surface area (Å²) in [6.07, 6.45) is 6.40. The number of allylic oxidation sites excluding steroid dienone is 3. The van der Waals surface area contributed by atoms with Crippen LogP contribution in [0.3, 0.4) is 0 Å². The Labute approximate surface area is 121 Å². The molecule has 20 heavy (non-hydrogen) atoms. The van der Waals surface area contributed by atoms with Gasteiger partial charge in [-0.3, -0.25) is 0 Å². The van der Waals surface area contributed by atoms with Crippen molar-refractivity contribution in [3.8, 4) is 0 Å². The maximum atomic E-state index is 11.8. The van der Waals surface area contributed by atoms with Crippen molar-refractivity contribution in [3.63, 3.8) is 0 Å². The fourth-order valence-corrected chi connectivity index (χ4v) is 2.31. The van der Waals surface area contributed by atoms with E-state index in [4.69, 9.17) is 4.74 Å². The van der Waals surface area contributed by atoms with Crippen LogP contribution in [-0.4, -0.2) is 35.1 Å². The molecular formula is C15H25BO4. The molecule has 1 fully saturated rings. The molecule has 112 valence electrons. The molecule has 0 saturated carbocycles. The average molecular weight is 280 g/mol. The molecular weight excluding hydrogens is 255 g/mol. The fraction of sp³-hybridized carbons (Fsp3) is 0.667. The van der Waals surface area contributed by atoms with Crippen LogP contribution in [0, 0.1) is 0 Å². The van der Waals surface area contributed by atoms with Crippen LogP contribution in [0.4, 0.5) is 0 Å². The Bertz CT molecular complexity index is 375. The van der Waals surface area contributed by atoms with E-state index in [1.54, 1.807) is 0 Å². The standard InChI is InChI=1S/C15H25BO4/c1-11(2)6-4-7-12(3)10-14(18)20-15-13(17)8-5-9-16(15)19/h6,10,13,15,17,19H,4-5,7-9H2,1-3H3/b12-10+. The molecule has 1 heterocycles. The third-order valence-electron chi connectivity index (χ3n) is 3.47. The number of aliphatic hydroxyl groups is 1. The second kappa shape index (κ2) is 8.27. The minimum absolute atomic E-state index is 0.482. The highest BCUT2D eigenvalue weighted by Crippen LogP contribution is 2.20. The number of hydrogen-bond acceptors (Lipinski definition) is 4. The number of hydrogen-bond donors (Lipinski definition) is 2. The molecule has 0 bridgehead atoms. The number of ether oxygens (including phenoxy) is 1. The predicted octanol–water partition coefficient (Wildman–Crippen LogP) is 2.27. The topological polar surface area (TPSA) is 66.8 Å². The molecule has 0 aromatic rings. The Hall–Kier alpha value is -1.07. The first-order chi connectivity index (χ1) is 9.40. The van der Waals surface area contributed by atoms with Crippen LogP contribution in [0.5, 0.6) is 0 Å². The van der Waals surface area contributed by atoms with E-state index in [9.17, 15) is 14.9 Å². The van der Waals surface area contributed by atoms with Gasteiger partial charge < -0.3 is 14.9 Å². The number of carbonyl (C=O) groups excluding carboxylic acids is 1. The van der Waals surface area contributed by atoms with E-state index in [1.165, 1.54) is 11.6 Å². The number of carbonyl (C=O) groups is 1. The van der Waals surface area contributed by atoms with E-state index >= 15 is 0 Å². The Morgan fingerprint density at radius 3 is 2.70 bits per heavy atom. The van der Waals surface area contributed by atoms with Crippen LogP contribution in [0.1, 0.15) is 46.5 Å². The van der Waals surface area contributed by atoms with Crippen molar-refractivity contribution in [2.24, 2.45) is 0 Å². The minimum atomic E-state index is -0.793. The molecule has 1 saturated heterocycles. The normalized spacial score (nSPS) is 23.4. The van der Waals surface area contributed by atoms with E-state index in [1.807, 2.05) is 20.8 Å². The van der Waals surface area contributed by atoms with Crippen molar-refractivity contribution in [1.82, 2.24) is 0 Å². The van der Waals surface area contributed by atoms with Crippen LogP contribution < -0.4 is 0 Å². The van der Waals surface area contributed by atoms with Gasteiger partial charge in [0.05, 0.1) is 6.10 Å². The summed E-state index contributed by atoms with van der Waals surface area (Å²) in [6, 6.07) is -0.793. The van der Waals surface area contributed by atoms with Gasteiger partial charge in [-0.15, -0.1) is 0 Å². The largest absolute Gasteiger partial charge is 0.462 e. The molecule has 0 aliphatic carbocycles. The average Bonchev–Trinajstić information content (AvgIpc) is 2.33. The molecule has 0 amide bonds. The second-order valence-electron chi connectivity index (χ2n) is 5.78. The molecule has 2 atom stereocenters. The van der Waals surface area contributed by atoms with Crippen LogP contribution in [0.25, 0.3) is 0 Å². The third-order valence-corrected chi connectivity index (χ3v) is 3.47. The summed E-state index contributed by atoms with van der Waals surface area (Å²) in [5.74, 6) is -0.482. The molecule has 0 spiro atoms. The molecule has 0 aromatic carbocycles. The van der Waals surface area contributed by atoms with Crippen molar-refractivity contribution in [3.05, 3.63) is 23.3 Å². The first kappa shape index (κ1) is 17.0. The van der Waals surface area contributed by atoms with Gasteiger partial charge in [0, 0.05) is 6.08 Å². The van der Waals surface area contributed by atoms with E-state index in [2.05, 4.69) is 6.08 Å². The highest BCUT2D eigenvalue weighted by molar-refractivity contribution is 6.52. The van der Waals surface area contributed by atoms with Crippen LogP contribution in [0.2, 0.25) is 6.32 Å². The first-order valence-electron chi connectivity index (χ1n) is 7.27. The van der Waals surface area contributed by atoms with E-state index < -0.39 is 25.0 Å². The molecule has 4 nitrogen and oxygen atoms in total. The van der Waals surface area contributed by atoms with Gasteiger partial charge >= 0.3 is 12.9 Å². The quantitative estimate of drug-likeness (QED) is 0.351. The lowest BCUT2D eigenvalue weighted by atomic mass is 9.53. The molecule has 0 aromatic heterocycles. The molecule has 2 N–H and O–H groups in total. The van der Waals surface area contributed by atoms with E-state index in [-0.39, 0.29) is 0 Å². The van der Waals surface area contributed by atoms with Gasteiger partial charge in [-0.2, -0.15) is 0 Å². The van der Waals surface area contributed by atoms with Crippen molar-refractivity contribution in [2.75, 3.05) is 0 Å². The summed E-state index contributed by atoms with van der Waals surface area (Å²) in [6.45, 7) is 5.20. The second-order valence-corrected chi connectivity index (χ2v) is 5.78. The number of aliphatic hydroxyl groups excluding tert-OH is 1. The zero-order chi connectivity index (χ0) is 15.1. The number of rotatable bonds is 5. The zero-order valence-electron chi connectivity index (χ0n) is 12.6. The van der Waals surface area contributed by atoms with Crippen molar-refractivity contribution >= 4 is 12.9 Å². The zero-order valence-corrected chi connectivity index (χ0v) is 12.6. The Balaban J connectivity index is 2.47. The minimum Gasteiger partial charge on any atom is -0.462 e. The molecule has 5 heteroatoms. The summed E-state index contributed by atoms with van der Waals surface area (Å²) in [7, 11) is 0. The van der Waals surface area contributed by atoms with Gasteiger partial charge in [0.15, 0.2) is 0 Å². The monoisotopic (exact) mass is 280 g/mol. The Kier molecular flexibility index (Phi) is 7.03. The molecule has 1 aliphatic heterocycles. The summed E-state index contributed by atoms with van der Waals surface area (Å²) in [4.78, 5) is 11.8. The number of esters is 1. The lowest BCUT2D eigenvalue weighted by molar-refractivity contribution is -0.145. The van der Waals surface area contributed by atoms with Crippen LogP contribution in [0.15, 0.2) is 23.3 Å². The van der Waals surface area contributed by atoms with E-state index in [0.29, 0.717) is 12.7 Å². The van der Waals surface area contributed by atoms with Crippen LogP contribution in [-0.2, 0) is 9.53 Å². The molecule has 1 aliphatic rings. The lowest BCUT2D eigenvalue weighted by Crippen LogP contribution is -2.47. The van der Waals surface area contributed by atoms with Crippen molar-refractivity contribution in [2.45, 2.75) is 64.9 Å². The predicted molar refractivity (Wildman–Crippen MR) is 80.3 cm³/mol. The smallest absolute Gasteiger partial charge is 0.336 e. The maximum absolute atomic E-state index is 11.8. The summed E-state index contributed by atoms with van der Waals surface area (Å²) >= 11 is 0. The van der Waals surface area contributed by atoms with Crippen LogP contribution >= 0.6 is 0 Å². The van der Waals surface area contributed by atoms with Crippen molar-refractivity contribution in [1.29, 1.82) is 0 Å². The summed E-state index contributed by atoms with van der Waals surface area (Å²) < 4.78 is 5.18. The molecule has 0 radical (unpaired) electrons. The SMILES string of the molecule is CC(C)=CCC/C(C)=C/C(=O)OC1B(O)CCCC1O. The van der Waals surface area contributed by atoms with Gasteiger partial charge in [0.1, 0.15) is 6.00 Å². The summed E-state index contributed by atoms with van der Waals surface area (Å²) in [5.41, 5.74) is 2.20. The highest BCUT2D eigenvalue weighted by atomic mass is 16.6. The molecule has 2 unspecified atom stereocenters. The van der Waals surface area contributed by atoms with Gasteiger partial charge in [0.2, 0.25) is 0 Å². The summed E-state index contributed by atoms with van der Waals surface area (Å²) in [5, 5.41) is 19.5. The lowest BCUT2D eigenvalue weighted by Gasteiger charge is -2.29. The molecule has 1 rings (SSSR count).